The standard InChI is InChI=1S/C16H13N3O/c20-17-11-14-12-19(15-9-5-2-6-10-15)18-16(14)13-7-3-1-4-8-13/h1-10,12H,11H2. The van der Waals surface area contributed by atoms with E-state index in [1.165, 1.54) is 0 Å². The molecule has 0 fully saturated rings. The van der Waals surface area contributed by atoms with Crippen LogP contribution in [-0.4, -0.2) is 9.78 Å². The van der Waals surface area contributed by atoms with Gasteiger partial charge in [0.05, 0.1) is 11.4 Å². The highest BCUT2D eigenvalue weighted by Crippen LogP contribution is 2.24. The molecule has 0 aliphatic carbocycles. The van der Waals surface area contributed by atoms with Crippen LogP contribution in [0.2, 0.25) is 0 Å². The van der Waals surface area contributed by atoms with Crippen LogP contribution in [0, 0.1) is 4.91 Å². The van der Waals surface area contributed by atoms with E-state index >= 15 is 0 Å². The Bertz CT molecular complexity index is 705. The molecule has 0 spiro atoms. The Balaban J connectivity index is 2.10. The van der Waals surface area contributed by atoms with Gasteiger partial charge in [0.2, 0.25) is 0 Å². The molecule has 0 saturated heterocycles. The summed E-state index contributed by atoms with van der Waals surface area (Å²) in [7, 11) is 0. The zero-order chi connectivity index (χ0) is 13.8. The first-order valence-electron chi connectivity index (χ1n) is 6.37. The van der Waals surface area contributed by atoms with Gasteiger partial charge in [0.25, 0.3) is 0 Å². The summed E-state index contributed by atoms with van der Waals surface area (Å²) in [5.41, 5.74) is 3.58. The van der Waals surface area contributed by atoms with Gasteiger partial charge in [0, 0.05) is 17.3 Å². The summed E-state index contributed by atoms with van der Waals surface area (Å²) in [6, 6.07) is 19.6. The lowest BCUT2D eigenvalue weighted by atomic mass is 10.1. The molecule has 3 rings (SSSR count). The lowest BCUT2D eigenvalue weighted by molar-refractivity contribution is 0.883. The highest BCUT2D eigenvalue weighted by molar-refractivity contribution is 5.63. The Kier molecular flexibility index (Phi) is 3.37. The SMILES string of the molecule is O=NCc1cn(-c2ccccc2)nc1-c1ccccc1. The van der Waals surface area contributed by atoms with Gasteiger partial charge in [-0.15, -0.1) is 0 Å². The quantitative estimate of drug-likeness (QED) is 0.672. The zero-order valence-corrected chi connectivity index (χ0v) is 10.8. The minimum atomic E-state index is 0.122. The number of hydrogen-bond acceptors (Lipinski definition) is 3. The Hall–Kier alpha value is -2.75. The fourth-order valence-corrected chi connectivity index (χ4v) is 2.15. The second-order valence-electron chi connectivity index (χ2n) is 4.44. The van der Waals surface area contributed by atoms with Crippen molar-refractivity contribution in [2.24, 2.45) is 5.18 Å². The van der Waals surface area contributed by atoms with E-state index in [9.17, 15) is 4.91 Å². The molecule has 0 bridgehead atoms. The average molecular weight is 263 g/mol. The number of nitrogens with zero attached hydrogens (tertiary/aromatic N) is 3. The third-order valence-electron chi connectivity index (χ3n) is 3.09. The molecule has 0 unspecified atom stereocenters. The summed E-state index contributed by atoms with van der Waals surface area (Å²) in [5.74, 6) is 0. The molecule has 98 valence electrons. The van der Waals surface area contributed by atoms with Crippen molar-refractivity contribution in [2.45, 2.75) is 6.54 Å². The Morgan fingerprint density at radius 2 is 1.60 bits per heavy atom. The summed E-state index contributed by atoms with van der Waals surface area (Å²) in [6.07, 6.45) is 1.86. The first kappa shape index (κ1) is 12.3. The predicted molar refractivity (Wildman–Crippen MR) is 78.5 cm³/mol. The number of hydrogen-bond donors (Lipinski definition) is 0. The predicted octanol–water partition coefficient (Wildman–Crippen LogP) is 3.81. The molecule has 1 heterocycles. The molecule has 0 aliphatic heterocycles. The van der Waals surface area contributed by atoms with E-state index in [1.54, 1.807) is 4.68 Å². The Labute approximate surface area is 116 Å². The Morgan fingerprint density at radius 1 is 0.950 bits per heavy atom. The second-order valence-corrected chi connectivity index (χ2v) is 4.44. The first-order valence-corrected chi connectivity index (χ1v) is 6.37. The molecule has 0 aliphatic rings. The summed E-state index contributed by atoms with van der Waals surface area (Å²) in [5, 5.41) is 7.58. The van der Waals surface area contributed by atoms with Gasteiger partial charge in [0.1, 0.15) is 6.54 Å². The molecule has 1 aromatic heterocycles. The number of benzene rings is 2. The average Bonchev–Trinajstić information content (AvgIpc) is 2.94. The van der Waals surface area contributed by atoms with Crippen LogP contribution in [0.4, 0.5) is 0 Å². The molecule has 3 aromatic rings. The molecule has 0 amide bonds. The topological polar surface area (TPSA) is 47.2 Å². The van der Waals surface area contributed by atoms with Crippen LogP contribution in [0.25, 0.3) is 16.9 Å². The molecule has 2 aromatic carbocycles. The molecule has 0 saturated carbocycles. The largest absolute Gasteiger partial charge is 0.240 e. The van der Waals surface area contributed by atoms with Gasteiger partial charge in [-0.3, -0.25) is 0 Å². The third-order valence-corrected chi connectivity index (χ3v) is 3.09. The molecule has 0 radical (unpaired) electrons. The van der Waals surface area contributed by atoms with Gasteiger partial charge >= 0.3 is 0 Å². The number of aromatic nitrogens is 2. The van der Waals surface area contributed by atoms with Crippen LogP contribution in [0.15, 0.2) is 72.0 Å². The molecule has 0 N–H and O–H groups in total. The molecule has 4 nitrogen and oxygen atoms in total. The fraction of sp³-hybridized carbons (Fsp3) is 0.0625. The smallest absolute Gasteiger partial charge is 0.110 e. The monoisotopic (exact) mass is 263 g/mol. The minimum absolute atomic E-state index is 0.122. The number of para-hydroxylation sites is 1. The lowest BCUT2D eigenvalue weighted by Crippen LogP contribution is -1.93. The van der Waals surface area contributed by atoms with Crippen LogP contribution >= 0.6 is 0 Å². The maximum Gasteiger partial charge on any atom is 0.110 e. The van der Waals surface area contributed by atoms with Crippen molar-refractivity contribution in [3.05, 3.63) is 77.3 Å². The van der Waals surface area contributed by atoms with E-state index in [-0.39, 0.29) is 6.54 Å². The van der Waals surface area contributed by atoms with Gasteiger partial charge in [-0.25, -0.2) is 4.68 Å². The maximum atomic E-state index is 10.6. The number of nitroso groups, excluding NO2 is 1. The fourth-order valence-electron chi connectivity index (χ4n) is 2.15. The van der Waals surface area contributed by atoms with Crippen molar-refractivity contribution in [2.75, 3.05) is 0 Å². The van der Waals surface area contributed by atoms with E-state index in [1.807, 2.05) is 66.9 Å². The summed E-state index contributed by atoms with van der Waals surface area (Å²) < 4.78 is 1.78. The molecule has 4 heteroatoms. The minimum Gasteiger partial charge on any atom is -0.240 e. The summed E-state index contributed by atoms with van der Waals surface area (Å²) in [4.78, 5) is 10.6. The van der Waals surface area contributed by atoms with Crippen LogP contribution in [0.3, 0.4) is 0 Å². The van der Waals surface area contributed by atoms with Crippen LogP contribution in [0.1, 0.15) is 5.56 Å². The van der Waals surface area contributed by atoms with Gasteiger partial charge in [0.15, 0.2) is 0 Å². The van der Waals surface area contributed by atoms with Crippen molar-refractivity contribution in [3.8, 4) is 16.9 Å². The first-order chi connectivity index (χ1) is 9.88. The highest BCUT2D eigenvalue weighted by Gasteiger charge is 2.11. The van der Waals surface area contributed by atoms with Crippen LogP contribution < -0.4 is 0 Å². The lowest BCUT2D eigenvalue weighted by Gasteiger charge is -2.00. The maximum absolute atomic E-state index is 10.6. The summed E-state index contributed by atoms with van der Waals surface area (Å²) >= 11 is 0. The molecule has 20 heavy (non-hydrogen) atoms. The summed E-state index contributed by atoms with van der Waals surface area (Å²) in [6.45, 7) is 0.122. The third kappa shape index (κ3) is 2.36. The normalized spacial score (nSPS) is 10.4. The Morgan fingerprint density at radius 3 is 2.25 bits per heavy atom. The van der Waals surface area contributed by atoms with Crippen LogP contribution in [0.5, 0.6) is 0 Å². The van der Waals surface area contributed by atoms with E-state index in [0.29, 0.717) is 0 Å². The van der Waals surface area contributed by atoms with Crippen molar-refractivity contribution >= 4 is 0 Å². The van der Waals surface area contributed by atoms with E-state index in [0.717, 1.165) is 22.5 Å². The van der Waals surface area contributed by atoms with E-state index in [2.05, 4.69) is 10.3 Å². The molecular weight excluding hydrogens is 250 g/mol. The van der Waals surface area contributed by atoms with E-state index in [4.69, 9.17) is 0 Å². The molecular formula is C16H13N3O. The van der Waals surface area contributed by atoms with Gasteiger partial charge in [-0.2, -0.15) is 10.0 Å². The van der Waals surface area contributed by atoms with E-state index < -0.39 is 0 Å². The van der Waals surface area contributed by atoms with Gasteiger partial charge in [-0.05, 0) is 12.1 Å². The van der Waals surface area contributed by atoms with Crippen molar-refractivity contribution in [3.63, 3.8) is 0 Å². The van der Waals surface area contributed by atoms with Gasteiger partial charge < -0.3 is 0 Å². The van der Waals surface area contributed by atoms with Crippen molar-refractivity contribution < 1.29 is 0 Å². The van der Waals surface area contributed by atoms with Crippen molar-refractivity contribution in [1.82, 2.24) is 9.78 Å². The second kappa shape index (κ2) is 5.48. The molecule has 0 atom stereocenters. The zero-order valence-electron chi connectivity index (χ0n) is 10.8. The highest BCUT2D eigenvalue weighted by atomic mass is 16.3. The van der Waals surface area contributed by atoms with Gasteiger partial charge in [-0.1, -0.05) is 53.7 Å². The number of rotatable bonds is 4. The van der Waals surface area contributed by atoms with Crippen molar-refractivity contribution in [1.29, 1.82) is 0 Å². The van der Waals surface area contributed by atoms with Crippen LogP contribution in [-0.2, 0) is 6.54 Å².